The normalized spacial score (nSPS) is 10.4. The van der Waals surface area contributed by atoms with Gasteiger partial charge in [0.2, 0.25) is 0 Å². The molecule has 2 N–H and O–H groups in total. The molecule has 0 radical (unpaired) electrons. The highest BCUT2D eigenvalue weighted by Crippen LogP contribution is 2.18. The van der Waals surface area contributed by atoms with Gasteiger partial charge < -0.3 is 5.73 Å². The Morgan fingerprint density at radius 2 is 1.81 bits per heavy atom. The van der Waals surface area contributed by atoms with Gasteiger partial charge in [0, 0.05) is 12.1 Å². The van der Waals surface area contributed by atoms with E-state index in [1.165, 1.54) is 6.07 Å². The van der Waals surface area contributed by atoms with Crippen LogP contribution in [0, 0.1) is 12.7 Å². The summed E-state index contributed by atoms with van der Waals surface area (Å²) in [5, 5.41) is 0. The molecule has 2 aromatic carbocycles. The Morgan fingerprint density at radius 3 is 2.50 bits per heavy atom. The summed E-state index contributed by atoms with van der Waals surface area (Å²) in [4.78, 5) is 0. The molecule has 2 aromatic rings. The van der Waals surface area contributed by atoms with Crippen molar-refractivity contribution in [2.75, 3.05) is 5.73 Å². The molecule has 2 heteroatoms. The molecule has 0 spiro atoms. The van der Waals surface area contributed by atoms with Gasteiger partial charge in [-0.15, -0.1) is 0 Å². The lowest BCUT2D eigenvalue weighted by molar-refractivity contribution is 0.614. The summed E-state index contributed by atoms with van der Waals surface area (Å²) in [5.41, 5.74) is 9.35. The largest absolute Gasteiger partial charge is 0.399 e. The number of hydrogen-bond acceptors (Lipinski definition) is 1. The van der Waals surface area contributed by atoms with Crippen LogP contribution in [0.4, 0.5) is 10.1 Å². The summed E-state index contributed by atoms with van der Waals surface area (Å²) in [6.07, 6.45) is 0.610. The van der Waals surface area contributed by atoms with E-state index in [1.807, 2.05) is 37.3 Å². The van der Waals surface area contributed by atoms with Crippen molar-refractivity contribution in [1.82, 2.24) is 0 Å². The van der Waals surface area contributed by atoms with Crippen molar-refractivity contribution in [2.24, 2.45) is 0 Å². The molecule has 82 valence electrons. The molecule has 0 bridgehead atoms. The fourth-order valence-electron chi connectivity index (χ4n) is 1.76. The number of anilines is 1. The first kappa shape index (κ1) is 10.7. The highest BCUT2D eigenvalue weighted by molar-refractivity contribution is 5.45. The van der Waals surface area contributed by atoms with Crippen molar-refractivity contribution < 1.29 is 4.39 Å². The summed E-state index contributed by atoms with van der Waals surface area (Å²) in [6, 6.07) is 12.6. The number of aryl methyl sites for hydroxylation is 1. The zero-order valence-corrected chi connectivity index (χ0v) is 9.20. The minimum atomic E-state index is -0.154. The number of halogens is 1. The molecule has 0 fully saturated rings. The van der Waals surface area contributed by atoms with Gasteiger partial charge in [0.05, 0.1) is 0 Å². The molecular weight excluding hydrogens is 201 g/mol. The van der Waals surface area contributed by atoms with E-state index in [-0.39, 0.29) is 5.82 Å². The molecule has 0 heterocycles. The van der Waals surface area contributed by atoms with Gasteiger partial charge in [0.1, 0.15) is 5.82 Å². The summed E-state index contributed by atoms with van der Waals surface area (Å²) in [7, 11) is 0. The fourth-order valence-corrected chi connectivity index (χ4v) is 1.76. The molecule has 0 aromatic heterocycles. The number of benzene rings is 2. The lowest BCUT2D eigenvalue weighted by atomic mass is 10.00. The Balaban J connectivity index is 2.31. The van der Waals surface area contributed by atoms with Crippen LogP contribution >= 0.6 is 0 Å². The number of hydrogen-bond donors (Lipinski definition) is 1. The first-order valence-corrected chi connectivity index (χ1v) is 5.25. The summed E-state index contributed by atoms with van der Waals surface area (Å²) < 4.78 is 13.5. The predicted octanol–water partition coefficient (Wildman–Crippen LogP) is 3.31. The molecule has 0 saturated carbocycles. The molecule has 0 aliphatic carbocycles. The van der Waals surface area contributed by atoms with Crippen molar-refractivity contribution in [3.63, 3.8) is 0 Å². The lowest BCUT2D eigenvalue weighted by Crippen LogP contribution is -1.96. The van der Waals surface area contributed by atoms with Gasteiger partial charge >= 0.3 is 0 Å². The second-order valence-corrected chi connectivity index (χ2v) is 3.95. The Morgan fingerprint density at radius 1 is 1.06 bits per heavy atom. The second-order valence-electron chi connectivity index (χ2n) is 3.95. The van der Waals surface area contributed by atoms with Crippen LogP contribution < -0.4 is 5.73 Å². The van der Waals surface area contributed by atoms with Crippen LogP contribution in [-0.2, 0) is 6.42 Å². The summed E-state index contributed by atoms with van der Waals surface area (Å²) >= 11 is 0. The number of rotatable bonds is 2. The smallest absolute Gasteiger partial charge is 0.126 e. The highest BCUT2D eigenvalue weighted by Gasteiger charge is 2.04. The molecule has 2 rings (SSSR count). The van der Waals surface area contributed by atoms with Crippen LogP contribution in [0.5, 0.6) is 0 Å². The second kappa shape index (κ2) is 4.35. The molecule has 0 saturated heterocycles. The Hall–Kier alpha value is -1.83. The van der Waals surface area contributed by atoms with E-state index < -0.39 is 0 Å². The summed E-state index contributed by atoms with van der Waals surface area (Å²) in [5.74, 6) is -0.154. The number of nitrogen functional groups attached to an aromatic ring is 1. The van der Waals surface area contributed by atoms with E-state index >= 15 is 0 Å². The zero-order valence-electron chi connectivity index (χ0n) is 9.20. The first-order chi connectivity index (χ1) is 7.66. The molecule has 1 nitrogen and oxygen atoms in total. The van der Waals surface area contributed by atoms with Crippen molar-refractivity contribution in [3.05, 3.63) is 65.0 Å². The SMILES string of the molecule is Cc1cc(N)ccc1Cc1ccccc1F. The molecule has 0 atom stereocenters. The maximum atomic E-state index is 13.5. The van der Waals surface area contributed by atoms with Crippen LogP contribution in [-0.4, -0.2) is 0 Å². The quantitative estimate of drug-likeness (QED) is 0.764. The highest BCUT2D eigenvalue weighted by atomic mass is 19.1. The van der Waals surface area contributed by atoms with Crippen molar-refractivity contribution in [1.29, 1.82) is 0 Å². The van der Waals surface area contributed by atoms with Crippen LogP contribution in [0.3, 0.4) is 0 Å². The monoisotopic (exact) mass is 215 g/mol. The number of nitrogens with two attached hydrogens (primary N) is 1. The lowest BCUT2D eigenvalue weighted by Gasteiger charge is -2.07. The van der Waals surface area contributed by atoms with Gasteiger partial charge in [-0.1, -0.05) is 24.3 Å². The molecular formula is C14H14FN. The van der Waals surface area contributed by atoms with Crippen LogP contribution in [0.15, 0.2) is 42.5 Å². The Labute approximate surface area is 94.7 Å². The zero-order chi connectivity index (χ0) is 11.5. The van der Waals surface area contributed by atoms with Crippen molar-refractivity contribution in [3.8, 4) is 0 Å². The average molecular weight is 215 g/mol. The fraction of sp³-hybridized carbons (Fsp3) is 0.143. The Bertz CT molecular complexity index is 506. The maximum absolute atomic E-state index is 13.5. The molecule has 0 aliphatic heterocycles. The van der Waals surface area contributed by atoms with Gasteiger partial charge in [-0.2, -0.15) is 0 Å². The van der Waals surface area contributed by atoms with E-state index in [1.54, 1.807) is 6.07 Å². The van der Waals surface area contributed by atoms with Gasteiger partial charge in [-0.05, 0) is 41.8 Å². The molecule has 0 amide bonds. The van der Waals surface area contributed by atoms with E-state index in [0.29, 0.717) is 6.42 Å². The maximum Gasteiger partial charge on any atom is 0.126 e. The van der Waals surface area contributed by atoms with Crippen LogP contribution in [0.1, 0.15) is 16.7 Å². The third-order valence-electron chi connectivity index (χ3n) is 2.71. The van der Waals surface area contributed by atoms with Crippen molar-refractivity contribution >= 4 is 5.69 Å². The van der Waals surface area contributed by atoms with Crippen molar-refractivity contribution in [2.45, 2.75) is 13.3 Å². The van der Waals surface area contributed by atoms with Crippen LogP contribution in [0.2, 0.25) is 0 Å². The first-order valence-electron chi connectivity index (χ1n) is 5.25. The van der Waals surface area contributed by atoms with Crippen LogP contribution in [0.25, 0.3) is 0 Å². The third kappa shape index (κ3) is 2.22. The third-order valence-corrected chi connectivity index (χ3v) is 2.71. The van der Waals surface area contributed by atoms with Gasteiger partial charge in [-0.3, -0.25) is 0 Å². The van der Waals surface area contributed by atoms with Gasteiger partial charge in [-0.25, -0.2) is 4.39 Å². The molecule has 16 heavy (non-hydrogen) atoms. The molecule has 0 aliphatic rings. The average Bonchev–Trinajstić information content (AvgIpc) is 2.25. The van der Waals surface area contributed by atoms with Gasteiger partial charge in [0.25, 0.3) is 0 Å². The molecule has 0 unspecified atom stereocenters. The predicted molar refractivity (Wildman–Crippen MR) is 64.8 cm³/mol. The van der Waals surface area contributed by atoms with E-state index in [2.05, 4.69) is 0 Å². The van der Waals surface area contributed by atoms with E-state index in [9.17, 15) is 4.39 Å². The minimum Gasteiger partial charge on any atom is -0.399 e. The van der Waals surface area contributed by atoms with E-state index in [4.69, 9.17) is 5.73 Å². The standard InChI is InChI=1S/C14H14FN/c1-10-8-13(16)7-6-11(10)9-12-4-2-3-5-14(12)15/h2-8H,9,16H2,1H3. The minimum absolute atomic E-state index is 0.154. The summed E-state index contributed by atoms with van der Waals surface area (Å²) in [6.45, 7) is 1.99. The Kier molecular flexibility index (Phi) is 2.91. The van der Waals surface area contributed by atoms with Gasteiger partial charge in [0.15, 0.2) is 0 Å². The van der Waals surface area contributed by atoms with E-state index in [0.717, 1.165) is 22.4 Å². The topological polar surface area (TPSA) is 26.0 Å².